The number of carboxylic acid groups (broad SMARTS) is 1. The number of hydrogen-bond donors (Lipinski definition) is 2. The molecule has 1 heterocycles. The zero-order valence-corrected chi connectivity index (χ0v) is 10.8. The lowest BCUT2D eigenvalue weighted by atomic mass is 9.92. The monoisotopic (exact) mass is 300 g/mol. The van der Waals surface area contributed by atoms with E-state index in [4.69, 9.17) is 5.11 Å². The molecule has 0 saturated carbocycles. The van der Waals surface area contributed by atoms with Gasteiger partial charge in [-0.15, -0.1) is 0 Å². The predicted molar refractivity (Wildman–Crippen MR) is 60.9 cm³/mol. The predicted octanol–water partition coefficient (Wildman–Crippen LogP) is 1.78. The Hall–Kier alpha value is -1.54. The van der Waals surface area contributed by atoms with Crippen molar-refractivity contribution >= 4 is 12.0 Å². The Morgan fingerprint density at radius 1 is 1.45 bits per heavy atom. The molecule has 1 rings (SSSR count). The lowest BCUT2D eigenvalue weighted by molar-refractivity contribution is -0.143. The molecule has 0 aromatic rings. The molecule has 2 atom stereocenters. The molecule has 0 aliphatic carbocycles. The maximum absolute atomic E-state index is 12.7. The largest absolute Gasteiger partial charge is 0.481 e. The molecule has 20 heavy (non-hydrogen) atoms. The van der Waals surface area contributed by atoms with Crippen molar-refractivity contribution in [3.8, 4) is 0 Å². The summed E-state index contributed by atoms with van der Waals surface area (Å²) in [5.74, 6) is -5.84. The third-order valence-electron chi connectivity index (χ3n) is 3.28. The Labute approximate surface area is 112 Å². The van der Waals surface area contributed by atoms with Crippen molar-refractivity contribution in [2.45, 2.75) is 38.2 Å². The van der Waals surface area contributed by atoms with Crippen LogP contribution < -0.4 is 5.32 Å². The summed E-state index contributed by atoms with van der Waals surface area (Å²) in [5.41, 5.74) is 0. The molecule has 116 valence electrons. The molecule has 2 N–H and O–H groups in total. The van der Waals surface area contributed by atoms with Crippen molar-refractivity contribution in [1.82, 2.24) is 10.2 Å². The Morgan fingerprint density at radius 3 is 2.50 bits per heavy atom. The molecule has 1 aliphatic rings. The van der Waals surface area contributed by atoms with Crippen molar-refractivity contribution < 1.29 is 32.3 Å². The van der Waals surface area contributed by atoms with Crippen molar-refractivity contribution in [2.75, 3.05) is 13.1 Å². The normalized spacial score (nSPS) is 23.8. The third-order valence-corrected chi connectivity index (χ3v) is 3.28. The van der Waals surface area contributed by atoms with Crippen LogP contribution in [0.1, 0.15) is 19.8 Å². The summed E-state index contributed by atoms with van der Waals surface area (Å²) in [6.07, 6.45) is -3.44. The first-order chi connectivity index (χ1) is 9.15. The molecule has 1 fully saturated rings. The number of alkyl halides is 4. The highest BCUT2D eigenvalue weighted by molar-refractivity contribution is 5.75. The minimum atomic E-state index is -4.28. The van der Waals surface area contributed by atoms with Gasteiger partial charge in [-0.1, -0.05) is 0 Å². The van der Waals surface area contributed by atoms with Gasteiger partial charge in [-0.3, -0.25) is 4.79 Å². The average Bonchev–Trinajstić information content (AvgIpc) is 2.35. The third kappa shape index (κ3) is 3.97. The maximum atomic E-state index is 12.7. The molecular formula is C11H16F4N2O3. The maximum Gasteiger partial charge on any atom is 0.324 e. The summed E-state index contributed by atoms with van der Waals surface area (Å²) >= 11 is 0. The summed E-state index contributed by atoms with van der Waals surface area (Å²) in [7, 11) is 0. The van der Waals surface area contributed by atoms with Crippen LogP contribution in [0.5, 0.6) is 0 Å². The molecule has 1 aliphatic heterocycles. The summed E-state index contributed by atoms with van der Waals surface area (Å²) in [5, 5.41) is 10.6. The summed E-state index contributed by atoms with van der Waals surface area (Å²) in [4.78, 5) is 23.6. The van der Waals surface area contributed by atoms with Gasteiger partial charge in [0.05, 0.1) is 12.5 Å². The van der Waals surface area contributed by atoms with Crippen molar-refractivity contribution in [2.24, 2.45) is 5.92 Å². The van der Waals surface area contributed by atoms with E-state index in [2.05, 4.69) is 0 Å². The zero-order valence-electron chi connectivity index (χ0n) is 10.8. The number of aliphatic carboxylic acids is 1. The number of likely N-dealkylation sites (tertiary alicyclic amines) is 1. The highest BCUT2D eigenvalue weighted by Gasteiger charge is 2.41. The number of carboxylic acids is 1. The topological polar surface area (TPSA) is 69.6 Å². The fourth-order valence-electron chi connectivity index (χ4n) is 2.07. The molecule has 0 aromatic carbocycles. The highest BCUT2D eigenvalue weighted by atomic mass is 19.3. The fraction of sp³-hybridized carbons (Fsp3) is 0.818. The van der Waals surface area contributed by atoms with Crippen molar-refractivity contribution in [3.05, 3.63) is 0 Å². The number of carbonyl (C=O) groups excluding carboxylic acids is 1. The van der Waals surface area contributed by atoms with Gasteiger partial charge in [-0.25, -0.2) is 13.6 Å². The number of hydrogen-bond acceptors (Lipinski definition) is 2. The van der Waals surface area contributed by atoms with Crippen LogP contribution in [0.3, 0.4) is 0 Å². The van der Waals surface area contributed by atoms with Gasteiger partial charge in [0.25, 0.3) is 0 Å². The second-order valence-corrected chi connectivity index (χ2v) is 4.82. The van der Waals surface area contributed by atoms with Crippen LogP contribution in [0.15, 0.2) is 0 Å². The van der Waals surface area contributed by atoms with Gasteiger partial charge in [0, 0.05) is 12.6 Å². The second kappa shape index (κ2) is 6.27. The fourth-order valence-corrected chi connectivity index (χ4v) is 2.07. The summed E-state index contributed by atoms with van der Waals surface area (Å²) in [6.45, 7) is 0.221. The van der Waals surface area contributed by atoms with E-state index in [0.29, 0.717) is 0 Å². The minimum Gasteiger partial charge on any atom is -0.481 e. The van der Waals surface area contributed by atoms with Crippen LogP contribution >= 0.6 is 0 Å². The Bertz CT molecular complexity index is 379. The quantitative estimate of drug-likeness (QED) is 0.778. The first-order valence-corrected chi connectivity index (χ1v) is 6.08. The second-order valence-electron chi connectivity index (χ2n) is 4.82. The summed E-state index contributed by atoms with van der Waals surface area (Å²) in [6, 6.07) is -1.34. The van der Waals surface area contributed by atoms with E-state index in [0.717, 1.165) is 0 Å². The summed E-state index contributed by atoms with van der Waals surface area (Å²) < 4.78 is 49.2. The van der Waals surface area contributed by atoms with Gasteiger partial charge < -0.3 is 15.3 Å². The van der Waals surface area contributed by atoms with E-state index in [9.17, 15) is 27.2 Å². The standard InChI is InChI=1S/C11H16F4N2O3/c1-6-4-7(8(18)19)2-3-17(6)10(20)16-5-11(14,15)9(12)13/h6-7,9H,2-5H2,1H3,(H,16,20)(H,18,19). The van der Waals surface area contributed by atoms with Crippen LogP contribution in [0, 0.1) is 5.92 Å². The Balaban J connectivity index is 2.51. The first-order valence-electron chi connectivity index (χ1n) is 6.08. The lowest BCUT2D eigenvalue weighted by Crippen LogP contribution is -2.52. The van der Waals surface area contributed by atoms with E-state index in [1.165, 1.54) is 4.90 Å². The van der Waals surface area contributed by atoms with E-state index in [1.807, 2.05) is 0 Å². The molecule has 5 nitrogen and oxygen atoms in total. The number of nitrogens with zero attached hydrogens (tertiary/aromatic N) is 1. The van der Waals surface area contributed by atoms with Gasteiger partial charge >= 0.3 is 24.3 Å². The van der Waals surface area contributed by atoms with Crippen molar-refractivity contribution in [3.63, 3.8) is 0 Å². The van der Waals surface area contributed by atoms with Gasteiger partial charge in [0.15, 0.2) is 0 Å². The minimum absolute atomic E-state index is 0.0875. The van der Waals surface area contributed by atoms with E-state index < -0.39 is 42.9 Å². The van der Waals surface area contributed by atoms with Gasteiger partial charge in [-0.05, 0) is 19.8 Å². The van der Waals surface area contributed by atoms with Crippen LogP contribution in [-0.4, -0.2) is 53.5 Å². The molecule has 9 heteroatoms. The van der Waals surface area contributed by atoms with Crippen LogP contribution in [0.4, 0.5) is 22.4 Å². The molecule has 2 amide bonds. The number of piperidine rings is 1. The van der Waals surface area contributed by atoms with Crippen LogP contribution in [0.2, 0.25) is 0 Å². The number of carbonyl (C=O) groups is 2. The van der Waals surface area contributed by atoms with Crippen molar-refractivity contribution in [1.29, 1.82) is 0 Å². The highest BCUT2D eigenvalue weighted by Crippen LogP contribution is 2.24. The number of amides is 2. The number of nitrogens with one attached hydrogen (secondary N) is 1. The molecule has 0 aromatic heterocycles. The Morgan fingerprint density at radius 2 is 2.05 bits per heavy atom. The number of rotatable bonds is 4. The van der Waals surface area contributed by atoms with Gasteiger partial charge in [-0.2, -0.15) is 8.78 Å². The lowest BCUT2D eigenvalue weighted by Gasteiger charge is -2.36. The van der Waals surface area contributed by atoms with Gasteiger partial charge in [0.2, 0.25) is 0 Å². The van der Waals surface area contributed by atoms with Gasteiger partial charge in [0.1, 0.15) is 0 Å². The SMILES string of the molecule is CC1CC(C(=O)O)CCN1C(=O)NCC(F)(F)C(F)F. The Kier molecular flexibility index (Phi) is 5.18. The van der Waals surface area contributed by atoms with E-state index in [-0.39, 0.29) is 19.4 Å². The van der Waals surface area contributed by atoms with Crippen LogP contribution in [0.25, 0.3) is 0 Å². The van der Waals surface area contributed by atoms with Crippen LogP contribution in [-0.2, 0) is 4.79 Å². The van der Waals surface area contributed by atoms with E-state index in [1.54, 1.807) is 12.2 Å². The molecule has 2 unspecified atom stereocenters. The zero-order chi connectivity index (χ0) is 15.5. The number of urea groups is 1. The first kappa shape index (κ1) is 16.5. The smallest absolute Gasteiger partial charge is 0.324 e. The molecule has 0 spiro atoms. The average molecular weight is 300 g/mol. The molecule has 0 bridgehead atoms. The van der Waals surface area contributed by atoms with E-state index >= 15 is 0 Å². The molecular weight excluding hydrogens is 284 g/mol. The molecule has 1 saturated heterocycles. The molecule has 0 radical (unpaired) electrons. The number of halogens is 4.